The van der Waals surface area contributed by atoms with Crippen LogP contribution in [0.4, 0.5) is 0 Å². The van der Waals surface area contributed by atoms with E-state index in [2.05, 4.69) is 56.4 Å². The predicted molar refractivity (Wildman–Crippen MR) is 49.8 cm³/mol. The Bertz CT molecular complexity index is 60.0. The van der Waals surface area contributed by atoms with Crippen LogP contribution in [0.2, 0.25) is 0 Å². The van der Waals surface area contributed by atoms with Gasteiger partial charge in [-0.3, -0.25) is 0 Å². The Morgan fingerprint density at radius 3 is 0.500 bits per heavy atom. The zero-order valence-electron chi connectivity index (χ0n) is 9.72. The second kappa shape index (κ2) is 7.80. The van der Waals surface area contributed by atoms with Crippen molar-refractivity contribution in [1.82, 2.24) is 0 Å². The van der Waals surface area contributed by atoms with E-state index in [1.807, 2.05) is 0 Å². The fourth-order valence-corrected chi connectivity index (χ4v) is 0. The van der Waals surface area contributed by atoms with E-state index in [9.17, 15) is 0 Å². The van der Waals surface area contributed by atoms with E-state index in [1.165, 1.54) is 0 Å². The van der Waals surface area contributed by atoms with E-state index in [1.54, 1.807) is 0 Å². The van der Waals surface area contributed by atoms with Crippen molar-refractivity contribution in [3.05, 3.63) is 0 Å². The molecule has 0 unspecified atom stereocenters. The second-order valence-electron chi connectivity index (χ2n) is 5.37. The van der Waals surface area contributed by atoms with Crippen molar-refractivity contribution in [1.29, 1.82) is 0 Å². The Morgan fingerprint density at radius 2 is 0.500 bits per heavy atom. The van der Waals surface area contributed by atoms with Crippen molar-refractivity contribution >= 4 is 0 Å². The largest absolute Gasteiger partial charge is 1.00 e. The molecule has 0 spiro atoms. The SMILES string of the molecule is C[N+](C)(C)C.C[N+](C)(C)C.[Cl-].[OH-]. The lowest BCUT2D eigenvalue weighted by molar-refractivity contribution is -0.849. The molecule has 4 heteroatoms. The van der Waals surface area contributed by atoms with Gasteiger partial charge in [-0.2, -0.15) is 0 Å². The third-order valence-corrected chi connectivity index (χ3v) is 0. The van der Waals surface area contributed by atoms with Crippen molar-refractivity contribution < 1.29 is 26.8 Å². The number of halogens is 1. The Hall–Kier alpha value is 0.170. The number of hydrogen-bond acceptors (Lipinski definition) is 1. The van der Waals surface area contributed by atoms with E-state index in [-0.39, 0.29) is 17.9 Å². The molecule has 0 radical (unpaired) electrons. The topological polar surface area (TPSA) is 30.0 Å². The molecule has 1 N–H and O–H groups in total. The fourth-order valence-electron chi connectivity index (χ4n) is 0. The first-order valence-corrected chi connectivity index (χ1v) is 3.58. The van der Waals surface area contributed by atoms with Crippen LogP contribution in [0.25, 0.3) is 0 Å². The molecule has 80 valence electrons. The monoisotopic (exact) mass is 200 g/mol. The van der Waals surface area contributed by atoms with Crippen molar-refractivity contribution in [3.8, 4) is 0 Å². The molecule has 0 aromatic carbocycles. The van der Waals surface area contributed by atoms with Crippen LogP contribution in [-0.4, -0.2) is 70.8 Å². The molecule has 0 rings (SSSR count). The summed E-state index contributed by atoms with van der Waals surface area (Å²) in [6.07, 6.45) is 0. The Labute approximate surface area is 83.9 Å². The molecule has 0 saturated carbocycles. The summed E-state index contributed by atoms with van der Waals surface area (Å²) in [5, 5.41) is 0. The first-order chi connectivity index (χ1) is 4.00. The Kier molecular flexibility index (Phi) is 14.8. The summed E-state index contributed by atoms with van der Waals surface area (Å²) in [5.74, 6) is 0. The summed E-state index contributed by atoms with van der Waals surface area (Å²) in [6.45, 7) is 0. The fraction of sp³-hybridized carbons (Fsp3) is 1.00. The number of quaternary nitrogens is 2. The highest BCUT2D eigenvalue weighted by atomic mass is 35.5. The molecule has 0 aliphatic carbocycles. The summed E-state index contributed by atoms with van der Waals surface area (Å²) in [6, 6.07) is 0. The summed E-state index contributed by atoms with van der Waals surface area (Å²) in [7, 11) is 17.0. The smallest absolute Gasteiger partial charge is 0.0675 e. The molecule has 0 saturated heterocycles. The van der Waals surface area contributed by atoms with Crippen LogP contribution in [0.5, 0.6) is 0 Å². The molecule has 0 aliphatic heterocycles. The predicted octanol–water partition coefficient (Wildman–Crippen LogP) is -2.53. The minimum absolute atomic E-state index is 0. The van der Waals surface area contributed by atoms with Crippen LogP contribution in [-0.2, 0) is 0 Å². The van der Waals surface area contributed by atoms with Crippen LogP contribution in [0.3, 0.4) is 0 Å². The van der Waals surface area contributed by atoms with Crippen molar-refractivity contribution in [3.63, 3.8) is 0 Å². The highest BCUT2D eigenvalue weighted by molar-refractivity contribution is 3.87. The summed E-state index contributed by atoms with van der Waals surface area (Å²) in [4.78, 5) is 0. The van der Waals surface area contributed by atoms with Gasteiger partial charge in [-0.15, -0.1) is 0 Å². The third-order valence-electron chi connectivity index (χ3n) is 0. The van der Waals surface area contributed by atoms with Gasteiger partial charge in [-0.25, -0.2) is 0 Å². The second-order valence-corrected chi connectivity index (χ2v) is 5.37. The first-order valence-electron chi connectivity index (χ1n) is 3.58. The van der Waals surface area contributed by atoms with Crippen molar-refractivity contribution in [2.45, 2.75) is 0 Å². The van der Waals surface area contributed by atoms with Gasteiger partial charge in [-0.1, -0.05) is 0 Å². The molecular weight excluding hydrogens is 176 g/mol. The maximum absolute atomic E-state index is 2.12. The van der Waals surface area contributed by atoms with E-state index < -0.39 is 0 Å². The number of rotatable bonds is 0. The quantitative estimate of drug-likeness (QED) is 0.397. The molecule has 0 atom stereocenters. The van der Waals surface area contributed by atoms with Gasteiger partial charge in [0.1, 0.15) is 0 Å². The van der Waals surface area contributed by atoms with Gasteiger partial charge in [0.2, 0.25) is 0 Å². The average molecular weight is 201 g/mol. The van der Waals surface area contributed by atoms with Crippen molar-refractivity contribution in [2.24, 2.45) is 0 Å². The molecule has 0 aromatic heterocycles. The minimum atomic E-state index is 0. The summed E-state index contributed by atoms with van der Waals surface area (Å²) >= 11 is 0. The zero-order valence-corrected chi connectivity index (χ0v) is 10.5. The van der Waals surface area contributed by atoms with Crippen molar-refractivity contribution in [2.75, 3.05) is 56.4 Å². The Balaban J connectivity index is -0.0000000457. The van der Waals surface area contributed by atoms with Gasteiger partial charge in [0.05, 0.1) is 56.4 Å². The molecule has 0 fully saturated rings. The normalized spacial score (nSPS) is 10.0. The molecule has 12 heavy (non-hydrogen) atoms. The standard InChI is InChI=1S/2C4H12N.ClH.H2O/c2*1-5(2,3)4;;/h2*1-4H3;1H;1H2/q2*+1;;/p-2. The number of hydrogen-bond donors (Lipinski definition) is 0. The first kappa shape index (κ1) is 22.7. The lowest BCUT2D eigenvalue weighted by Gasteiger charge is -2.14. The van der Waals surface area contributed by atoms with E-state index in [4.69, 9.17) is 0 Å². The van der Waals surface area contributed by atoms with Gasteiger partial charge in [-0.05, 0) is 0 Å². The van der Waals surface area contributed by atoms with E-state index >= 15 is 0 Å². The molecule has 0 aliphatic rings. The molecule has 3 nitrogen and oxygen atoms in total. The van der Waals surface area contributed by atoms with Crippen LogP contribution in [0, 0.1) is 0 Å². The third kappa shape index (κ3) is 29600. The highest BCUT2D eigenvalue weighted by Crippen LogP contribution is 1.74. The minimum Gasteiger partial charge on any atom is -1.00 e. The summed E-state index contributed by atoms with van der Waals surface area (Å²) < 4.78 is 2.00. The van der Waals surface area contributed by atoms with Gasteiger partial charge < -0.3 is 26.8 Å². The Morgan fingerprint density at radius 1 is 0.500 bits per heavy atom. The molecule has 0 heterocycles. The lowest BCUT2D eigenvalue weighted by Crippen LogP contribution is -3.00. The molecule has 0 amide bonds. The van der Waals surface area contributed by atoms with E-state index in [0.29, 0.717) is 0 Å². The van der Waals surface area contributed by atoms with Gasteiger partial charge in [0.15, 0.2) is 0 Å². The molecule has 0 bridgehead atoms. The molecular formula is C8H25ClN2O. The lowest BCUT2D eigenvalue weighted by atomic mass is 10.8. The molecule has 0 aromatic rings. The summed E-state index contributed by atoms with van der Waals surface area (Å²) in [5.41, 5.74) is 0. The van der Waals surface area contributed by atoms with Crippen LogP contribution in [0.15, 0.2) is 0 Å². The van der Waals surface area contributed by atoms with Crippen LogP contribution < -0.4 is 12.4 Å². The highest BCUT2D eigenvalue weighted by Gasteiger charge is 1.88. The maximum atomic E-state index is 2.12. The van der Waals surface area contributed by atoms with Gasteiger partial charge >= 0.3 is 0 Å². The van der Waals surface area contributed by atoms with Gasteiger partial charge in [0.25, 0.3) is 0 Å². The van der Waals surface area contributed by atoms with Crippen LogP contribution in [0.1, 0.15) is 0 Å². The number of nitrogens with zero attached hydrogens (tertiary/aromatic N) is 2. The van der Waals surface area contributed by atoms with E-state index in [0.717, 1.165) is 8.97 Å². The zero-order chi connectivity index (χ0) is 9.00. The maximum Gasteiger partial charge on any atom is 0.0675 e. The van der Waals surface area contributed by atoms with Crippen LogP contribution >= 0.6 is 0 Å². The van der Waals surface area contributed by atoms with Gasteiger partial charge in [0, 0.05) is 0 Å². The average Bonchev–Trinajstić information content (AvgIpc) is 1.12.